The van der Waals surface area contributed by atoms with E-state index < -0.39 is 17.4 Å². The van der Waals surface area contributed by atoms with Gasteiger partial charge in [0.15, 0.2) is 0 Å². The van der Waals surface area contributed by atoms with Gasteiger partial charge in [0.25, 0.3) is 5.91 Å². The van der Waals surface area contributed by atoms with E-state index in [1.165, 1.54) is 0 Å². The van der Waals surface area contributed by atoms with Crippen molar-refractivity contribution in [3.8, 4) is 5.75 Å². The van der Waals surface area contributed by atoms with Gasteiger partial charge in [-0.05, 0) is 30.9 Å². The molecule has 0 radical (unpaired) electrons. The molecule has 0 spiro atoms. The number of phenols is 1. The van der Waals surface area contributed by atoms with Crippen molar-refractivity contribution in [2.75, 3.05) is 27.2 Å². The number of quaternary nitrogens is 1. The standard InChI is InChI=1S/C22H30N2O5/c1-24(2,12-15-4-3-9-29-15)18-10-13-5-6-16(21(23)27)20(26)19(13)17-11-14(25)7-8-22(17,18)28/h5-6,15,17-18,28H,3-4,7-12H2,1-2H3,(H2-,23,26,27)/p+1/t15?,17?,18-,22+/m1/s1. The third kappa shape index (κ3) is 3.35. The summed E-state index contributed by atoms with van der Waals surface area (Å²) in [4.78, 5) is 24.1. The Hall–Kier alpha value is -1.96. The summed E-state index contributed by atoms with van der Waals surface area (Å²) in [6, 6.07) is 3.21. The summed E-state index contributed by atoms with van der Waals surface area (Å²) < 4.78 is 6.43. The molecule has 2 aliphatic carbocycles. The number of nitrogens with zero attached hydrogens (tertiary/aromatic N) is 1. The third-order valence-electron chi connectivity index (χ3n) is 7.29. The molecule has 4 atom stereocenters. The molecule has 1 amide bonds. The minimum absolute atomic E-state index is 0.0377. The summed E-state index contributed by atoms with van der Waals surface area (Å²) in [6.45, 7) is 1.57. The summed E-state index contributed by atoms with van der Waals surface area (Å²) in [7, 11) is 4.22. The fourth-order valence-electron chi connectivity index (χ4n) is 5.86. The lowest BCUT2D eigenvalue weighted by molar-refractivity contribution is -0.925. The van der Waals surface area contributed by atoms with E-state index in [9.17, 15) is 19.8 Å². The molecule has 1 aromatic rings. The maximum Gasteiger partial charge on any atom is 0.252 e. The molecule has 0 aromatic heterocycles. The first-order valence-corrected chi connectivity index (χ1v) is 10.5. The van der Waals surface area contributed by atoms with Gasteiger partial charge >= 0.3 is 0 Å². The van der Waals surface area contributed by atoms with Crippen molar-refractivity contribution in [2.45, 2.75) is 62.2 Å². The average molecular weight is 403 g/mol. The van der Waals surface area contributed by atoms with Crippen LogP contribution in [0, 0.1) is 0 Å². The van der Waals surface area contributed by atoms with Gasteiger partial charge in [0.2, 0.25) is 0 Å². The molecule has 3 aliphatic rings. The van der Waals surface area contributed by atoms with Crippen molar-refractivity contribution in [3.63, 3.8) is 0 Å². The summed E-state index contributed by atoms with van der Waals surface area (Å²) in [6.07, 6.45) is 3.66. The van der Waals surface area contributed by atoms with Gasteiger partial charge in [-0.1, -0.05) is 6.07 Å². The predicted octanol–water partition coefficient (Wildman–Crippen LogP) is 1.24. The fourth-order valence-corrected chi connectivity index (χ4v) is 5.86. The predicted molar refractivity (Wildman–Crippen MR) is 107 cm³/mol. The monoisotopic (exact) mass is 403 g/mol. The number of hydrogen-bond donors (Lipinski definition) is 3. The highest BCUT2D eigenvalue weighted by Crippen LogP contribution is 2.52. The first kappa shape index (κ1) is 20.3. The third-order valence-corrected chi connectivity index (χ3v) is 7.29. The highest BCUT2D eigenvalue weighted by molar-refractivity contribution is 5.96. The number of carbonyl (C=O) groups is 2. The van der Waals surface area contributed by atoms with E-state index in [1.807, 2.05) is 6.07 Å². The molecule has 4 rings (SSSR count). The molecule has 2 fully saturated rings. The molecule has 1 saturated heterocycles. The molecule has 4 N–H and O–H groups in total. The second kappa shape index (κ2) is 7.07. The fraction of sp³-hybridized carbons (Fsp3) is 0.636. The smallest absolute Gasteiger partial charge is 0.252 e. The van der Waals surface area contributed by atoms with E-state index in [4.69, 9.17) is 10.5 Å². The van der Waals surface area contributed by atoms with Crippen LogP contribution in [0.4, 0.5) is 0 Å². The lowest BCUT2D eigenvalue weighted by Gasteiger charge is -2.54. The Kier molecular flexibility index (Phi) is 4.96. The Morgan fingerprint density at radius 1 is 1.34 bits per heavy atom. The van der Waals surface area contributed by atoms with Crippen LogP contribution in [0.3, 0.4) is 0 Å². The van der Waals surface area contributed by atoms with Crippen LogP contribution in [0.15, 0.2) is 12.1 Å². The minimum Gasteiger partial charge on any atom is -0.507 e. The highest BCUT2D eigenvalue weighted by atomic mass is 16.5. The van der Waals surface area contributed by atoms with E-state index in [0.29, 0.717) is 29.3 Å². The molecule has 29 heavy (non-hydrogen) atoms. The Morgan fingerprint density at radius 2 is 2.10 bits per heavy atom. The Morgan fingerprint density at radius 3 is 2.76 bits per heavy atom. The first-order chi connectivity index (χ1) is 13.6. The molecule has 7 heteroatoms. The maximum atomic E-state index is 12.3. The number of hydrogen-bond acceptors (Lipinski definition) is 5. The van der Waals surface area contributed by atoms with Crippen LogP contribution in [0.2, 0.25) is 0 Å². The Bertz CT molecular complexity index is 846. The molecule has 1 heterocycles. The summed E-state index contributed by atoms with van der Waals surface area (Å²) in [5.74, 6) is -1.37. The number of benzene rings is 1. The van der Waals surface area contributed by atoms with E-state index in [1.54, 1.807) is 6.07 Å². The number of rotatable bonds is 4. The molecular formula is C22H31N2O5+. The molecule has 1 saturated carbocycles. The van der Waals surface area contributed by atoms with Crippen LogP contribution < -0.4 is 5.73 Å². The molecule has 1 aliphatic heterocycles. The Balaban J connectivity index is 1.79. The SMILES string of the molecule is C[N+](C)(CC1CCCO1)[C@@H]1Cc2ccc(C(N)=O)c(O)c2C2CC(=O)CC[C@]21O. The largest absolute Gasteiger partial charge is 0.507 e. The van der Waals surface area contributed by atoms with Crippen molar-refractivity contribution in [1.82, 2.24) is 0 Å². The van der Waals surface area contributed by atoms with Crippen molar-refractivity contribution in [2.24, 2.45) is 5.73 Å². The van der Waals surface area contributed by atoms with Gasteiger partial charge in [-0.25, -0.2) is 0 Å². The van der Waals surface area contributed by atoms with Crippen LogP contribution in [-0.2, 0) is 16.0 Å². The quantitative estimate of drug-likeness (QED) is 0.655. The van der Waals surface area contributed by atoms with Crippen molar-refractivity contribution < 1.29 is 29.0 Å². The van der Waals surface area contributed by atoms with E-state index in [-0.39, 0.29) is 35.7 Å². The molecule has 0 bridgehead atoms. The van der Waals surface area contributed by atoms with Crippen LogP contribution >= 0.6 is 0 Å². The van der Waals surface area contributed by atoms with Gasteiger partial charge in [0, 0.05) is 37.4 Å². The lowest BCUT2D eigenvalue weighted by atomic mass is 9.61. The van der Waals surface area contributed by atoms with Gasteiger partial charge in [0.05, 0.1) is 19.7 Å². The van der Waals surface area contributed by atoms with Gasteiger partial charge in [-0.3, -0.25) is 9.59 Å². The van der Waals surface area contributed by atoms with Crippen LogP contribution in [0.5, 0.6) is 5.75 Å². The second-order valence-corrected chi connectivity index (χ2v) is 9.50. The van der Waals surface area contributed by atoms with Crippen LogP contribution in [0.1, 0.15) is 59.5 Å². The topological polar surface area (TPSA) is 110 Å². The molecule has 2 unspecified atom stereocenters. The molecule has 7 nitrogen and oxygen atoms in total. The van der Waals surface area contributed by atoms with E-state index in [0.717, 1.165) is 31.6 Å². The number of aliphatic hydroxyl groups is 1. The number of amides is 1. The van der Waals surface area contributed by atoms with Gasteiger partial charge in [-0.15, -0.1) is 0 Å². The number of primary amides is 1. The van der Waals surface area contributed by atoms with Crippen molar-refractivity contribution >= 4 is 11.7 Å². The molecule has 158 valence electrons. The number of fused-ring (bicyclic) bond motifs is 3. The lowest BCUT2D eigenvalue weighted by Crippen LogP contribution is -2.67. The number of likely N-dealkylation sites (N-methyl/N-ethyl adjacent to an activating group) is 1. The van der Waals surface area contributed by atoms with Gasteiger partial charge < -0.3 is 25.2 Å². The average Bonchev–Trinajstić information content (AvgIpc) is 3.14. The summed E-state index contributed by atoms with van der Waals surface area (Å²) in [5, 5.41) is 22.8. The van der Waals surface area contributed by atoms with Crippen molar-refractivity contribution in [3.05, 3.63) is 28.8 Å². The molecule has 1 aromatic carbocycles. The van der Waals surface area contributed by atoms with Crippen LogP contribution in [-0.4, -0.2) is 71.4 Å². The van der Waals surface area contributed by atoms with Gasteiger partial charge in [-0.2, -0.15) is 0 Å². The second-order valence-electron chi connectivity index (χ2n) is 9.50. The Labute approximate surface area is 171 Å². The van der Waals surface area contributed by atoms with Crippen LogP contribution in [0.25, 0.3) is 0 Å². The van der Waals surface area contributed by atoms with Gasteiger partial charge in [0.1, 0.15) is 35.8 Å². The highest BCUT2D eigenvalue weighted by Gasteiger charge is 2.58. The molecular weight excluding hydrogens is 372 g/mol. The van der Waals surface area contributed by atoms with Crippen molar-refractivity contribution in [1.29, 1.82) is 0 Å². The number of ether oxygens (including phenoxy) is 1. The number of aromatic hydroxyl groups is 1. The number of ketones is 1. The zero-order chi connectivity index (χ0) is 21.0. The summed E-state index contributed by atoms with van der Waals surface area (Å²) in [5.41, 5.74) is 5.71. The number of Topliss-reactive ketones (excluding diaryl/α,β-unsaturated/α-hetero) is 1. The normalized spacial score (nSPS) is 32.0. The first-order valence-electron chi connectivity index (χ1n) is 10.5. The summed E-state index contributed by atoms with van der Waals surface area (Å²) >= 11 is 0. The number of nitrogens with two attached hydrogens (primary N) is 1. The van der Waals surface area contributed by atoms with E-state index >= 15 is 0 Å². The minimum atomic E-state index is -1.14. The van der Waals surface area contributed by atoms with E-state index in [2.05, 4.69) is 14.1 Å². The number of carbonyl (C=O) groups excluding carboxylic acids is 2. The zero-order valence-electron chi connectivity index (χ0n) is 17.2. The zero-order valence-corrected chi connectivity index (χ0v) is 17.2. The maximum absolute atomic E-state index is 12.3.